The molecule has 1 aliphatic carbocycles. The van der Waals surface area contributed by atoms with E-state index < -0.39 is 6.09 Å². The van der Waals surface area contributed by atoms with Crippen molar-refractivity contribution < 1.29 is 14.3 Å². The smallest absolute Gasteiger partial charge is 0.407 e. The van der Waals surface area contributed by atoms with Crippen LogP contribution in [0.2, 0.25) is 0 Å². The number of nitrogens with zero attached hydrogens (tertiary/aromatic N) is 2. The van der Waals surface area contributed by atoms with Gasteiger partial charge < -0.3 is 19.4 Å². The van der Waals surface area contributed by atoms with Crippen LogP contribution in [0.4, 0.5) is 4.79 Å². The molecule has 0 atom stereocenters. The summed E-state index contributed by atoms with van der Waals surface area (Å²) >= 11 is 3.57. The molecule has 1 saturated carbocycles. The molecule has 0 unspecified atom stereocenters. The summed E-state index contributed by atoms with van der Waals surface area (Å²) in [5.74, 6) is 0.833. The Kier molecular flexibility index (Phi) is 5.55. The molecule has 26 heavy (non-hydrogen) atoms. The highest BCUT2D eigenvalue weighted by molar-refractivity contribution is 9.10. The Labute approximate surface area is 161 Å². The summed E-state index contributed by atoms with van der Waals surface area (Å²) in [7, 11) is 1.97. The number of carbonyl (C=O) groups is 1. The third-order valence-corrected chi connectivity index (χ3v) is 5.44. The maximum atomic E-state index is 11.8. The topological polar surface area (TPSA) is 65.4 Å². The van der Waals surface area contributed by atoms with Crippen LogP contribution in [0.15, 0.2) is 35.6 Å². The Morgan fingerprint density at radius 2 is 2.23 bits per heavy atom. The summed E-state index contributed by atoms with van der Waals surface area (Å²) in [6.45, 7) is 5.82. The molecule has 1 amide bonds. The number of rotatable bonds is 5. The highest BCUT2D eigenvalue weighted by Crippen LogP contribution is 2.33. The molecule has 7 heteroatoms. The molecule has 1 aromatic carbocycles. The van der Waals surface area contributed by atoms with Crippen molar-refractivity contribution in [3.8, 4) is 5.75 Å². The van der Waals surface area contributed by atoms with Crippen molar-refractivity contribution in [2.75, 3.05) is 6.61 Å². The normalized spacial score (nSPS) is 22.8. The average Bonchev–Trinajstić information content (AvgIpc) is 2.97. The monoisotopic (exact) mass is 421 g/mol. The lowest BCUT2D eigenvalue weighted by Crippen LogP contribution is -2.49. The first-order valence-corrected chi connectivity index (χ1v) is 9.52. The molecular weight excluding hydrogens is 398 g/mol. The quantitative estimate of drug-likeness (QED) is 0.729. The molecule has 0 saturated heterocycles. The Morgan fingerprint density at radius 1 is 1.50 bits per heavy atom. The van der Waals surface area contributed by atoms with Crippen molar-refractivity contribution in [3.63, 3.8) is 0 Å². The van der Waals surface area contributed by atoms with Gasteiger partial charge in [0.2, 0.25) is 0 Å². The second-order valence-corrected chi connectivity index (χ2v) is 7.87. The molecule has 6 nitrogen and oxygen atoms in total. The van der Waals surface area contributed by atoms with E-state index in [-0.39, 0.29) is 18.2 Å². The molecule has 0 spiro atoms. The molecule has 140 valence electrons. The van der Waals surface area contributed by atoms with E-state index in [9.17, 15) is 4.79 Å². The van der Waals surface area contributed by atoms with Crippen LogP contribution in [-0.2, 0) is 11.8 Å². The van der Waals surface area contributed by atoms with Gasteiger partial charge in [0.1, 0.15) is 17.9 Å². The minimum atomic E-state index is -0.391. The third kappa shape index (κ3) is 4.20. The first kappa shape index (κ1) is 18.8. The van der Waals surface area contributed by atoms with Gasteiger partial charge >= 0.3 is 6.09 Å². The van der Waals surface area contributed by atoms with Crippen LogP contribution in [0.5, 0.6) is 5.75 Å². The van der Waals surface area contributed by atoms with E-state index in [0.29, 0.717) is 0 Å². The number of hydrogen-bond donors (Lipinski definition) is 1. The molecule has 1 heterocycles. The maximum absolute atomic E-state index is 11.8. The van der Waals surface area contributed by atoms with Gasteiger partial charge in [0.15, 0.2) is 0 Å². The van der Waals surface area contributed by atoms with Crippen LogP contribution < -0.4 is 10.1 Å². The van der Waals surface area contributed by atoms with Crippen molar-refractivity contribution in [3.05, 3.63) is 35.6 Å². The molecule has 1 N–H and O–H groups in total. The SMILES string of the molecule is C=CCOC(=O)N[C@]1(C)CC[C@H](Oc2cc(Br)c3ncn(C)c3c2)CC1. The van der Waals surface area contributed by atoms with Gasteiger partial charge in [-0.15, -0.1) is 0 Å². The van der Waals surface area contributed by atoms with Gasteiger partial charge in [0, 0.05) is 23.1 Å². The number of imidazole rings is 1. The molecule has 1 aliphatic rings. The van der Waals surface area contributed by atoms with E-state index in [0.717, 1.165) is 46.9 Å². The predicted molar refractivity (Wildman–Crippen MR) is 104 cm³/mol. The van der Waals surface area contributed by atoms with Crippen molar-refractivity contribution in [1.29, 1.82) is 0 Å². The number of benzene rings is 1. The summed E-state index contributed by atoms with van der Waals surface area (Å²) in [6.07, 6.45) is 6.53. The molecule has 0 radical (unpaired) electrons. The molecular formula is C19H24BrN3O3. The first-order valence-electron chi connectivity index (χ1n) is 8.73. The summed E-state index contributed by atoms with van der Waals surface area (Å²) in [5.41, 5.74) is 1.70. The van der Waals surface area contributed by atoms with Crippen LogP contribution in [0.1, 0.15) is 32.6 Å². The number of aromatic nitrogens is 2. The molecule has 2 aromatic rings. The first-order chi connectivity index (χ1) is 12.4. The Bertz CT molecular complexity index is 810. The molecule has 1 fully saturated rings. The Balaban J connectivity index is 1.59. The maximum Gasteiger partial charge on any atom is 0.407 e. The van der Waals surface area contributed by atoms with Gasteiger partial charge in [-0.2, -0.15) is 0 Å². The minimum absolute atomic E-state index is 0.131. The van der Waals surface area contributed by atoms with Crippen LogP contribution in [0.3, 0.4) is 0 Å². The third-order valence-electron chi connectivity index (χ3n) is 4.83. The Morgan fingerprint density at radius 3 is 2.92 bits per heavy atom. The van der Waals surface area contributed by atoms with E-state index in [1.54, 1.807) is 12.4 Å². The number of nitrogens with one attached hydrogen (secondary N) is 1. The molecule has 3 rings (SSSR count). The van der Waals surface area contributed by atoms with Gasteiger partial charge in [-0.1, -0.05) is 12.7 Å². The van der Waals surface area contributed by atoms with Crippen molar-refractivity contribution in [1.82, 2.24) is 14.9 Å². The van der Waals surface area contributed by atoms with E-state index in [2.05, 4.69) is 39.7 Å². The number of carbonyl (C=O) groups excluding carboxylic acids is 1. The second-order valence-electron chi connectivity index (χ2n) is 7.02. The van der Waals surface area contributed by atoms with E-state index in [4.69, 9.17) is 9.47 Å². The second kappa shape index (κ2) is 7.70. The van der Waals surface area contributed by atoms with Crippen molar-refractivity contribution in [2.24, 2.45) is 7.05 Å². The van der Waals surface area contributed by atoms with Crippen LogP contribution in [0, 0.1) is 0 Å². The number of fused-ring (bicyclic) bond motifs is 1. The fourth-order valence-corrected chi connectivity index (χ4v) is 3.84. The molecule has 0 bridgehead atoms. The number of alkyl carbamates (subject to hydrolysis) is 1. The summed E-state index contributed by atoms with van der Waals surface area (Å²) in [5, 5.41) is 2.97. The van der Waals surface area contributed by atoms with Crippen LogP contribution >= 0.6 is 15.9 Å². The van der Waals surface area contributed by atoms with Crippen LogP contribution in [-0.4, -0.2) is 33.9 Å². The van der Waals surface area contributed by atoms with Crippen molar-refractivity contribution in [2.45, 2.75) is 44.2 Å². The fraction of sp³-hybridized carbons (Fsp3) is 0.474. The summed E-state index contributed by atoms with van der Waals surface area (Å²) < 4.78 is 14.1. The summed E-state index contributed by atoms with van der Waals surface area (Å²) in [6, 6.07) is 3.99. The average molecular weight is 422 g/mol. The van der Waals surface area contributed by atoms with Gasteiger partial charge in [-0.3, -0.25) is 0 Å². The van der Waals surface area contributed by atoms with E-state index in [1.165, 1.54) is 0 Å². The standard InChI is InChI=1S/C19H24BrN3O3/c1-4-9-25-18(24)22-19(2)7-5-13(6-8-19)26-14-10-15(20)17-16(11-14)23(3)12-21-17/h4,10-13H,1,5-9H2,2-3H3,(H,22,24)/t13-,19+. The van der Waals surface area contributed by atoms with Gasteiger partial charge in [0.05, 0.1) is 17.9 Å². The zero-order chi connectivity index (χ0) is 18.7. The highest BCUT2D eigenvalue weighted by atomic mass is 79.9. The van der Waals surface area contributed by atoms with Crippen LogP contribution in [0.25, 0.3) is 11.0 Å². The number of aryl methyl sites for hydroxylation is 1. The van der Waals surface area contributed by atoms with Gasteiger partial charge in [-0.25, -0.2) is 9.78 Å². The highest BCUT2D eigenvalue weighted by Gasteiger charge is 2.33. The zero-order valence-corrected chi connectivity index (χ0v) is 16.7. The predicted octanol–water partition coefficient (Wildman–Crippen LogP) is 4.33. The fourth-order valence-electron chi connectivity index (χ4n) is 3.31. The lowest BCUT2D eigenvalue weighted by molar-refractivity contribution is 0.0971. The van der Waals surface area contributed by atoms with E-state index in [1.807, 2.05) is 23.7 Å². The van der Waals surface area contributed by atoms with Gasteiger partial charge in [-0.05, 0) is 54.6 Å². The lowest BCUT2D eigenvalue weighted by Gasteiger charge is -2.37. The number of amides is 1. The van der Waals surface area contributed by atoms with Crippen molar-refractivity contribution >= 4 is 33.1 Å². The van der Waals surface area contributed by atoms with Gasteiger partial charge in [0.25, 0.3) is 0 Å². The number of hydrogen-bond acceptors (Lipinski definition) is 4. The molecule has 1 aromatic heterocycles. The Hall–Kier alpha value is -2.02. The molecule has 0 aliphatic heterocycles. The lowest BCUT2D eigenvalue weighted by atomic mass is 9.82. The minimum Gasteiger partial charge on any atom is -0.490 e. The largest absolute Gasteiger partial charge is 0.490 e. The summed E-state index contributed by atoms with van der Waals surface area (Å²) in [4.78, 5) is 16.2. The zero-order valence-electron chi connectivity index (χ0n) is 15.1. The number of halogens is 1. The number of ether oxygens (including phenoxy) is 2. The van der Waals surface area contributed by atoms with E-state index >= 15 is 0 Å².